The van der Waals surface area contributed by atoms with Crippen LogP contribution in [0.15, 0.2) is 36.7 Å². The van der Waals surface area contributed by atoms with Crippen LogP contribution in [0.2, 0.25) is 0 Å². The van der Waals surface area contributed by atoms with Gasteiger partial charge in [-0.25, -0.2) is 8.78 Å². The monoisotopic (exact) mass is 246 g/mol. The number of benzene rings is 1. The average Bonchev–Trinajstić information content (AvgIpc) is 2.86. The van der Waals surface area contributed by atoms with E-state index in [4.69, 9.17) is 0 Å². The highest BCUT2D eigenvalue weighted by Gasteiger charge is 2.23. The summed E-state index contributed by atoms with van der Waals surface area (Å²) in [5, 5.41) is 3.16. The molecule has 1 N–H and O–H groups in total. The molecule has 2 nitrogen and oxygen atoms in total. The van der Waals surface area contributed by atoms with Crippen molar-refractivity contribution in [3.8, 4) is 0 Å². The first-order valence-corrected chi connectivity index (χ1v) is 5.86. The van der Waals surface area contributed by atoms with Gasteiger partial charge < -0.3 is 5.32 Å². The molecule has 0 fully saturated rings. The molecular weight excluding hydrogens is 234 g/mol. The van der Waals surface area contributed by atoms with Gasteiger partial charge in [-0.05, 0) is 18.1 Å². The number of nitrogens with one attached hydrogen (secondary N) is 1. The number of aromatic nitrogens is 1. The second-order valence-corrected chi connectivity index (χ2v) is 4.32. The Hall–Kier alpha value is -1.97. The van der Waals surface area contributed by atoms with Crippen LogP contribution in [0, 0.1) is 5.82 Å². The first-order valence-electron chi connectivity index (χ1n) is 5.86. The fourth-order valence-corrected chi connectivity index (χ4v) is 2.34. The van der Waals surface area contributed by atoms with Crippen LogP contribution in [0.5, 0.6) is 0 Å². The molecule has 1 aliphatic heterocycles. The largest absolute Gasteiger partial charge is 0.384 e. The van der Waals surface area contributed by atoms with Gasteiger partial charge in [0.2, 0.25) is 0 Å². The van der Waals surface area contributed by atoms with Gasteiger partial charge in [-0.15, -0.1) is 0 Å². The van der Waals surface area contributed by atoms with Crippen LogP contribution < -0.4 is 5.32 Å². The van der Waals surface area contributed by atoms with E-state index < -0.39 is 12.0 Å². The number of fused-ring (bicyclic) bond motifs is 1. The van der Waals surface area contributed by atoms with Gasteiger partial charge in [0.05, 0.1) is 6.20 Å². The Kier molecular flexibility index (Phi) is 2.70. The lowest BCUT2D eigenvalue weighted by atomic mass is 9.99. The maximum atomic E-state index is 14.5. The number of alkyl halides is 1. The second-order valence-electron chi connectivity index (χ2n) is 4.32. The Morgan fingerprint density at radius 1 is 1.22 bits per heavy atom. The lowest BCUT2D eigenvalue weighted by Crippen LogP contribution is -2.02. The van der Waals surface area contributed by atoms with Crippen molar-refractivity contribution in [3.63, 3.8) is 0 Å². The summed E-state index contributed by atoms with van der Waals surface area (Å²) in [7, 11) is 0. The average molecular weight is 246 g/mol. The van der Waals surface area contributed by atoms with Crippen LogP contribution in [0.25, 0.3) is 0 Å². The number of para-hydroxylation sites is 1. The van der Waals surface area contributed by atoms with E-state index in [1.807, 2.05) is 12.1 Å². The van der Waals surface area contributed by atoms with Gasteiger partial charge in [-0.1, -0.05) is 18.2 Å². The minimum atomic E-state index is -1.46. The topological polar surface area (TPSA) is 24.9 Å². The number of anilines is 1. The summed E-state index contributed by atoms with van der Waals surface area (Å²) in [6.07, 6.45) is 1.86. The third-order valence-corrected chi connectivity index (χ3v) is 3.23. The summed E-state index contributed by atoms with van der Waals surface area (Å²) in [5.41, 5.74) is 2.42. The van der Waals surface area contributed by atoms with E-state index in [9.17, 15) is 8.78 Å². The molecule has 92 valence electrons. The molecule has 0 radical (unpaired) electrons. The zero-order valence-corrected chi connectivity index (χ0v) is 9.66. The minimum Gasteiger partial charge on any atom is -0.384 e. The van der Waals surface area contributed by atoms with E-state index in [1.165, 1.54) is 12.3 Å². The van der Waals surface area contributed by atoms with E-state index >= 15 is 0 Å². The molecule has 1 aromatic carbocycles. The number of nitrogens with zero attached hydrogens (tertiary/aromatic N) is 1. The fraction of sp³-hybridized carbons (Fsp3) is 0.214. The van der Waals surface area contributed by atoms with Crippen LogP contribution >= 0.6 is 0 Å². The molecule has 0 amide bonds. The zero-order valence-electron chi connectivity index (χ0n) is 9.66. The molecule has 2 aromatic rings. The van der Waals surface area contributed by atoms with Crippen LogP contribution in [-0.4, -0.2) is 11.5 Å². The van der Waals surface area contributed by atoms with Crippen LogP contribution in [-0.2, 0) is 6.42 Å². The number of pyridine rings is 1. The van der Waals surface area contributed by atoms with E-state index in [0.717, 1.165) is 30.4 Å². The molecule has 3 rings (SSSR count). The molecule has 0 aliphatic carbocycles. The summed E-state index contributed by atoms with van der Waals surface area (Å²) in [5.74, 6) is -0.611. The summed E-state index contributed by atoms with van der Waals surface area (Å²) in [4.78, 5) is 3.64. The highest BCUT2D eigenvalue weighted by molar-refractivity contribution is 5.63. The van der Waals surface area contributed by atoms with Gasteiger partial charge in [-0.2, -0.15) is 0 Å². The molecule has 0 spiro atoms. The number of rotatable bonds is 2. The molecule has 1 unspecified atom stereocenters. The first-order chi connectivity index (χ1) is 8.77. The van der Waals surface area contributed by atoms with Crippen molar-refractivity contribution in [3.05, 3.63) is 59.2 Å². The normalized spacial score (nSPS) is 15.0. The molecule has 0 saturated carbocycles. The van der Waals surface area contributed by atoms with Gasteiger partial charge in [-0.3, -0.25) is 4.98 Å². The highest BCUT2D eigenvalue weighted by atomic mass is 19.1. The van der Waals surface area contributed by atoms with E-state index in [2.05, 4.69) is 10.3 Å². The Labute approximate surface area is 104 Å². The maximum Gasteiger partial charge on any atom is 0.155 e. The molecule has 1 aliphatic rings. The van der Waals surface area contributed by atoms with Crippen LogP contribution in [0.1, 0.15) is 22.9 Å². The van der Waals surface area contributed by atoms with Crippen molar-refractivity contribution in [2.75, 3.05) is 11.9 Å². The standard InChI is InChI=1S/C14H12F2N2/c15-12-8-17-6-5-10(12)13(16)11-3-1-2-9-4-7-18-14(9)11/h1-3,5-6,8,13,18H,4,7H2. The van der Waals surface area contributed by atoms with E-state index in [0.29, 0.717) is 5.56 Å². The van der Waals surface area contributed by atoms with Gasteiger partial charge in [0.1, 0.15) is 5.82 Å². The molecule has 18 heavy (non-hydrogen) atoms. The predicted molar refractivity (Wildman–Crippen MR) is 65.8 cm³/mol. The Morgan fingerprint density at radius 2 is 2.11 bits per heavy atom. The van der Waals surface area contributed by atoms with Crippen molar-refractivity contribution in [2.24, 2.45) is 0 Å². The van der Waals surface area contributed by atoms with Gasteiger partial charge in [0, 0.05) is 29.6 Å². The Bertz CT molecular complexity index is 584. The molecule has 4 heteroatoms. The highest BCUT2D eigenvalue weighted by Crippen LogP contribution is 2.36. The van der Waals surface area contributed by atoms with Crippen LogP contribution in [0.3, 0.4) is 0 Å². The van der Waals surface area contributed by atoms with Gasteiger partial charge in [0.15, 0.2) is 6.17 Å². The first kappa shape index (κ1) is 11.1. The smallest absolute Gasteiger partial charge is 0.155 e. The minimum absolute atomic E-state index is 0.0344. The number of halogens is 2. The van der Waals surface area contributed by atoms with Crippen molar-refractivity contribution in [1.29, 1.82) is 0 Å². The van der Waals surface area contributed by atoms with E-state index in [-0.39, 0.29) is 5.56 Å². The van der Waals surface area contributed by atoms with Gasteiger partial charge in [0.25, 0.3) is 0 Å². The molecule has 1 atom stereocenters. The lowest BCUT2D eigenvalue weighted by molar-refractivity contribution is 0.387. The summed E-state index contributed by atoms with van der Waals surface area (Å²) >= 11 is 0. The fourth-order valence-electron chi connectivity index (χ4n) is 2.34. The Balaban J connectivity index is 2.06. The zero-order chi connectivity index (χ0) is 12.5. The molecule has 2 heterocycles. The third kappa shape index (κ3) is 1.74. The lowest BCUT2D eigenvalue weighted by Gasteiger charge is -2.14. The predicted octanol–water partition coefficient (Wildman–Crippen LogP) is 3.25. The SMILES string of the molecule is Fc1cnccc1C(F)c1cccc2c1NCC2. The quantitative estimate of drug-likeness (QED) is 0.879. The summed E-state index contributed by atoms with van der Waals surface area (Å²) in [6.45, 7) is 0.803. The third-order valence-electron chi connectivity index (χ3n) is 3.23. The van der Waals surface area contributed by atoms with E-state index in [1.54, 1.807) is 6.07 Å². The van der Waals surface area contributed by atoms with Crippen LogP contribution in [0.4, 0.5) is 14.5 Å². The second kappa shape index (κ2) is 4.37. The van der Waals surface area contributed by atoms with Crippen molar-refractivity contribution < 1.29 is 8.78 Å². The van der Waals surface area contributed by atoms with Crippen molar-refractivity contribution in [1.82, 2.24) is 4.98 Å². The molecule has 0 saturated heterocycles. The number of hydrogen-bond donors (Lipinski definition) is 1. The molecule has 1 aromatic heterocycles. The van der Waals surface area contributed by atoms with Gasteiger partial charge >= 0.3 is 0 Å². The van der Waals surface area contributed by atoms with Crippen molar-refractivity contribution >= 4 is 5.69 Å². The Morgan fingerprint density at radius 3 is 2.94 bits per heavy atom. The summed E-state index contributed by atoms with van der Waals surface area (Å²) in [6, 6.07) is 6.86. The summed E-state index contributed by atoms with van der Waals surface area (Å²) < 4.78 is 28.0. The number of hydrogen-bond acceptors (Lipinski definition) is 2. The maximum absolute atomic E-state index is 14.5. The molecular formula is C14H12F2N2. The van der Waals surface area contributed by atoms with Crippen molar-refractivity contribution in [2.45, 2.75) is 12.6 Å². The molecule has 0 bridgehead atoms.